The van der Waals surface area contributed by atoms with Gasteiger partial charge in [-0.25, -0.2) is 4.79 Å². The molecule has 1 aliphatic heterocycles. The summed E-state index contributed by atoms with van der Waals surface area (Å²) in [5, 5.41) is 13.8. The Morgan fingerprint density at radius 1 is 1.25 bits per heavy atom. The van der Waals surface area contributed by atoms with E-state index in [1.165, 1.54) is 38.5 Å². The maximum atomic E-state index is 12.5. The van der Waals surface area contributed by atoms with Gasteiger partial charge >= 0.3 is 6.03 Å². The van der Waals surface area contributed by atoms with Gasteiger partial charge in [-0.2, -0.15) is 4.98 Å². The van der Waals surface area contributed by atoms with E-state index in [2.05, 4.69) is 38.0 Å². The van der Waals surface area contributed by atoms with Crippen LogP contribution in [0.3, 0.4) is 0 Å². The van der Waals surface area contributed by atoms with Gasteiger partial charge in [0.05, 0.1) is 6.04 Å². The fourth-order valence-corrected chi connectivity index (χ4v) is 6.43. The van der Waals surface area contributed by atoms with Gasteiger partial charge in [0.2, 0.25) is 5.89 Å². The maximum Gasteiger partial charge on any atom is 0.315 e. The number of carbonyl (C=O) groups is 1. The van der Waals surface area contributed by atoms with Gasteiger partial charge in [0, 0.05) is 38.1 Å². The van der Waals surface area contributed by atoms with Crippen molar-refractivity contribution in [2.45, 2.75) is 56.5 Å². The Kier molecular flexibility index (Phi) is 4.79. The third-order valence-electron chi connectivity index (χ3n) is 7.33. The van der Waals surface area contributed by atoms with Crippen LogP contribution in [0.2, 0.25) is 0 Å². The highest BCUT2D eigenvalue weighted by atomic mass is 16.5. The van der Waals surface area contributed by atoms with Crippen molar-refractivity contribution in [3.8, 4) is 0 Å². The first-order valence-corrected chi connectivity index (χ1v) is 10.9. The summed E-state index contributed by atoms with van der Waals surface area (Å²) in [6, 6.07) is 0.108. The molecule has 0 aromatic carbocycles. The molecule has 0 spiro atoms. The molecule has 4 bridgehead atoms. The van der Waals surface area contributed by atoms with E-state index >= 15 is 0 Å². The van der Waals surface area contributed by atoms with Crippen molar-refractivity contribution in [2.24, 2.45) is 17.8 Å². The average molecular weight is 389 g/mol. The van der Waals surface area contributed by atoms with Gasteiger partial charge in [-0.15, -0.1) is 0 Å². The molecule has 2 amide bonds. The first kappa shape index (κ1) is 18.4. The Morgan fingerprint density at radius 2 is 1.96 bits per heavy atom. The van der Waals surface area contributed by atoms with Crippen LogP contribution < -0.4 is 16.0 Å². The highest BCUT2D eigenvalue weighted by Crippen LogP contribution is 2.55. The van der Waals surface area contributed by atoms with Gasteiger partial charge in [-0.05, 0) is 63.3 Å². The fraction of sp³-hybridized carbons (Fsp3) is 0.850. The molecule has 1 saturated heterocycles. The lowest BCUT2D eigenvalue weighted by Gasteiger charge is -2.56. The molecular formula is C20H32N6O2. The number of piperazine rings is 1. The Balaban J connectivity index is 1.10. The zero-order valence-electron chi connectivity index (χ0n) is 16.7. The molecule has 1 atom stereocenters. The van der Waals surface area contributed by atoms with Gasteiger partial charge in [0.25, 0.3) is 0 Å². The third kappa shape index (κ3) is 3.64. The molecule has 8 heteroatoms. The normalized spacial score (nSPS) is 37.2. The third-order valence-corrected chi connectivity index (χ3v) is 7.33. The molecule has 5 aliphatic rings. The number of hydrogen-bond donors (Lipinski definition) is 3. The minimum absolute atomic E-state index is 0.0436. The zero-order valence-corrected chi connectivity index (χ0v) is 16.7. The van der Waals surface area contributed by atoms with Crippen LogP contribution in [0.1, 0.15) is 56.3 Å². The van der Waals surface area contributed by atoms with Crippen LogP contribution in [0.5, 0.6) is 0 Å². The summed E-state index contributed by atoms with van der Waals surface area (Å²) in [5.74, 6) is 3.80. The van der Waals surface area contributed by atoms with Crippen LogP contribution in [-0.2, 0) is 6.42 Å². The summed E-state index contributed by atoms with van der Waals surface area (Å²) in [7, 11) is 2.08. The Bertz CT molecular complexity index is 684. The van der Waals surface area contributed by atoms with Crippen LogP contribution in [0.15, 0.2) is 4.52 Å². The van der Waals surface area contributed by atoms with Crippen molar-refractivity contribution in [1.29, 1.82) is 0 Å². The molecule has 28 heavy (non-hydrogen) atoms. The molecule has 4 aliphatic carbocycles. The number of aromatic nitrogens is 2. The van der Waals surface area contributed by atoms with Crippen LogP contribution in [0.4, 0.5) is 4.79 Å². The predicted molar refractivity (Wildman–Crippen MR) is 104 cm³/mol. The molecule has 5 fully saturated rings. The van der Waals surface area contributed by atoms with Crippen molar-refractivity contribution < 1.29 is 9.32 Å². The standard InChI is InChI=1S/C20H32N6O2/c1-26-5-4-21-12-16(26)18-23-17(28-25-18)2-3-22-19(27)24-20-9-13-6-14(10-20)8-15(7-13)11-20/h13-16,21H,2-12H2,1H3,(H2,22,24,27). The second-order valence-electron chi connectivity index (χ2n) is 9.58. The van der Waals surface area contributed by atoms with Crippen molar-refractivity contribution in [3.63, 3.8) is 0 Å². The lowest BCUT2D eigenvalue weighted by molar-refractivity contribution is -0.0135. The number of hydrogen-bond acceptors (Lipinski definition) is 6. The zero-order chi connectivity index (χ0) is 19.1. The number of rotatable bonds is 5. The molecule has 1 aromatic rings. The highest BCUT2D eigenvalue weighted by Gasteiger charge is 2.51. The average Bonchev–Trinajstić information content (AvgIpc) is 3.09. The van der Waals surface area contributed by atoms with Crippen molar-refractivity contribution in [2.75, 3.05) is 33.2 Å². The lowest BCUT2D eigenvalue weighted by atomic mass is 9.53. The van der Waals surface area contributed by atoms with E-state index < -0.39 is 0 Å². The second kappa shape index (κ2) is 7.30. The number of carbonyl (C=O) groups excluding carboxylic acids is 1. The molecule has 8 nitrogen and oxygen atoms in total. The van der Waals surface area contributed by atoms with Crippen LogP contribution >= 0.6 is 0 Å². The van der Waals surface area contributed by atoms with E-state index in [1.807, 2.05) is 0 Å². The summed E-state index contributed by atoms with van der Waals surface area (Å²) in [6.45, 7) is 3.31. The van der Waals surface area contributed by atoms with Gasteiger partial charge in [-0.1, -0.05) is 5.16 Å². The Hall–Kier alpha value is -1.67. The summed E-state index contributed by atoms with van der Waals surface area (Å²) >= 11 is 0. The quantitative estimate of drug-likeness (QED) is 0.707. The number of nitrogens with one attached hydrogen (secondary N) is 3. The number of likely N-dealkylation sites (N-methyl/N-ethyl adjacent to an activating group) is 1. The van der Waals surface area contributed by atoms with E-state index in [0.717, 1.165) is 43.2 Å². The summed E-state index contributed by atoms with van der Waals surface area (Å²) in [5.41, 5.74) is 0.0507. The lowest BCUT2D eigenvalue weighted by Crippen LogP contribution is -2.61. The van der Waals surface area contributed by atoms with E-state index in [9.17, 15) is 4.79 Å². The Morgan fingerprint density at radius 3 is 2.64 bits per heavy atom. The molecule has 154 valence electrons. The second-order valence-corrected chi connectivity index (χ2v) is 9.58. The molecule has 2 heterocycles. The summed E-state index contributed by atoms with van der Waals surface area (Å²) < 4.78 is 5.39. The summed E-state index contributed by atoms with van der Waals surface area (Å²) in [4.78, 5) is 19.3. The fourth-order valence-electron chi connectivity index (χ4n) is 6.43. The topological polar surface area (TPSA) is 95.3 Å². The van der Waals surface area contributed by atoms with E-state index in [-0.39, 0.29) is 17.6 Å². The number of nitrogens with zero attached hydrogens (tertiary/aromatic N) is 3. The van der Waals surface area contributed by atoms with Crippen molar-refractivity contribution >= 4 is 6.03 Å². The van der Waals surface area contributed by atoms with E-state index in [4.69, 9.17) is 4.52 Å². The van der Waals surface area contributed by atoms with Crippen molar-refractivity contribution in [1.82, 2.24) is 31.0 Å². The van der Waals surface area contributed by atoms with Crippen LogP contribution in [0, 0.1) is 17.8 Å². The molecule has 4 saturated carbocycles. The molecule has 3 N–H and O–H groups in total. The molecule has 6 rings (SSSR count). The first-order chi connectivity index (χ1) is 13.6. The smallest absolute Gasteiger partial charge is 0.315 e. The monoisotopic (exact) mass is 388 g/mol. The number of urea groups is 1. The van der Waals surface area contributed by atoms with E-state index in [0.29, 0.717) is 18.9 Å². The Labute approximate surface area is 166 Å². The molecular weight excluding hydrogens is 356 g/mol. The predicted octanol–water partition coefficient (Wildman–Crippen LogP) is 1.46. The maximum absolute atomic E-state index is 12.5. The summed E-state index contributed by atoms with van der Waals surface area (Å²) in [6.07, 6.45) is 8.22. The minimum atomic E-state index is -0.0436. The van der Waals surface area contributed by atoms with Crippen LogP contribution in [0.25, 0.3) is 0 Å². The first-order valence-electron chi connectivity index (χ1n) is 10.9. The molecule has 0 radical (unpaired) electrons. The van der Waals surface area contributed by atoms with Gasteiger partial charge in [-0.3, -0.25) is 4.90 Å². The van der Waals surface area contributed by atoms with Crippen molar-refractivity contribution in [3.05, 3.63) is 11.7 Å². The highest BCUT2D eigenvalue weighted by molar-refractivity contribution is 5.74. The SMILES string of the molecule is CN1CCNCC1c1noc(CCNC(=O)NC23CC4CC(CC(C4)C2)C3)n1. The van der Waals surface area contributed by atoms with Gasteiger partial charge in [0.1, 0.15) is 0 Å². The van der Waals surface area contributed by atoms with Gasteiger partial charge < -0.3 is 20.5 Å². The van der Waals surface area contributed by atoms with E-state index in [1.54, 1.807) is 0 Å². The van der Waals surface area contributed by atoms with Gasteiger partial charge in [0.15, 0.2) is 5.82 Å². The molecule has 1 aromatic heterocycles. The number of amides is 2. The minimum Gasteiger partial charge on any atom is -0.339 e. The van der Waals surface area contributed by atoms with Crippen LogP contribution in [-0.4, -0.2) is 59.8 Å². The molecule has 1 unspecified atom stereocenters. The largest absolute Gasteiger partial charge is 0.339 e.